The highest BCUT2D eigenvalue weighted by Crippen LogP contribution is 2.19. The Bertz CT molecular complexity index is 625. The predicted molar refractivity (Wildman–Crippen MR) is 102 cm³/mol. The van der Waals surface area contributed by atoms with E-state index < -0.39 is 0 Å². The van der Waals surface area contributed by atoms with Crippen LogP contribution in [-0.4, -0.2) is 60.6 Å². The Labute approximate surface area is 156 Å². The molecule has 1 aromatic rings. The molecule has 26 heavy (non-hydrogen) atoms. The molecule has 0 saturated carbocycles. The maximum absolute atomic E-state index is 12.6. The minimum atomic E-state index is -0.256. The summed E-state index contributed by atoms with van der Waals surface area (Å²) in [4.78, 5) is 28.6. The molecule has 0 unspecified atom stereocenters. The molecule has 0 bridgehead atoms. The van der Waals surface area contributed by atoms with E-state index in [9.17, 15) is 9.59 Å². The van der Waals surface area contributed by atoms with Crippen molar-refractivity contribution in [2.45, 2.75) is 45.6 Å². The normalized spacial score (nSPS) is 15.4. The molecule has 1 aliphatic heterocycles. The fourth-order valence-electron chi connectivity index (χ4n) is 3.08. The molecule has 3 amide bonds. The van der Waals surface area contributed by atoms with Crippen molar-refractivity contribution in [3.8, 4) is 5.75 Å². The molecule has 0 spiro atoms. The minimum absolute atomic E-state index is 0.0548. The minimum Gasteiger partial charge on any atom is -0.496 e. The van der Waals surface area contributed by atoms with Gasteiger partial charge in [-0.3, -0.25) is 4.79 Å². The van der Waals surface area contributed by atoms with Gasteiger partial charge in [-0.15, -0.1) is 0 Å². The van der Waals surface area contributed by atoms with Gasteiger partial charge < -0.3 is 19.9 Å². The SMILES string of the molecule is COc1ccccc1CCC(=O)N1CCCN(C(=O)NC(C)(C)C)CC1. The third-order valence-corrected chi connectivity index (χ3v) is 4.42. The van der Waals surface area contributed by atoms with E-state index in [1.807, 2.05) is 49.9 Å². The lowest BCUT2D eigenvalue weighted by molar-refractivity contribution is -0.131. The monoisotopic (exact) mass is 361 g/mol. The van der Waals surface area contributed by atoms with E-state index in [-0.39, 0.29) is 17.5 Å². The number of hydrogen-bond acceptors (Lipinski definition) is 3. The van der Waals surface area contributed by atoms with Crippen LogP contribution in [0.5, 0.6) is 5.75 Å². The first-order valence-corrected chi connectivity index (χ1v) is 9.27. The molecular formula is C20H31N3O3. The zero-order valence-electron chi connectivity index (χ0n) is 16.4. The van der Waals surface area contributed by atoms with Crippen molar-refractivity contribution in [1.29, 1.82) is 0 Å². The van der Waals surface area contributed by atoms with Gasteiger partial charge in [0.1, 0.15) is 5.75 Å². The Morgan fingerprint density at radius 3 is 2.42 bits per heavy atom. The Kier molecular flexibility index (Phi) is 6.89. The average Bonchev–Trinajstić information content (AvgIpc) is 2.84. The lowest BCUT2D eigenvalue weighted by atomic mass is 10.1. The second-order valence-electron chi connectivity index (χ2n) is 7.71. The lowest BCUT2D eigenvalue weighted by Gasteiger charge is -2.27. The van der Waals surface area contributed by atoms with Gasteiger partial charge in [-0.05, 0) is 45.2 Å². The maximum atomic E-state index is 12.6. The quantitative estimate of drug-likeness (QED) is 0.897. The van der Waals surface area contributed by atoms with E-state index in [2.05, 4.69) is 5.32 Å². The van der Waals surface area contributed by atoms with E-state index in [1.54, 1.807) is 12.0 Å². The first-order valence-electron chi connectivity index (χ1n) is 9.27. The van der Waals surface area contributed by atoms with Crippen LogP contribution in [0.4, 0.5) is 4.79 Å². The highest BCUT2D eigenvalue weighted by atomic mass is 16.5. The highest BCUT2D eigenvalue weighted by molar-refractivity contribution is 5.77. The number of aryl methyl sites for hydroxylation is 1. The van der Waals surface area contributed by atoms with Gasteiger partial charge in [0.2, 0.25) is 5.91 Å². The molecule has 1 N–H and O–H groups in total. The Balaban J connectivity index is 1.86. The standard InChI is InChI=1S/C20H31N3O3/c1-20(2,3)21-19(25)23-13-7-12-22(14-15-23)18(24)11-10-16-8-5-6-9-17(16)26-4/h5-6,8-9H,7,10-15H2,1-4H3,(H,21,25). The number of benzene rings is 1. The Hall–Kier alpha value is -2.24. The van der Waals surface area contributed by atoms with Gasteiger partial charge in [0.15, 0.2) is 0 Å². The number of urea groups is 1. The number of nitrogens with one attached hydrogen (secondary N) is 1. The summed E-state index contributed by atoms with van der Waals surface area (Å²) in [6.07, 6.45) is 1.92. The third-order valence-electron chi connectivity index (χ3n) is 4.42. The number of hydrogen-bond donors (Lipinski definition) is 1. The molecule has 0 atom stereocenters. The van der Waals surface area contributed by atoms with Crippen LogP contribution in [0.3, 0.4) is 0 Å². The second-order valence-corrected chi connectivity index (χ2v) is 7.71. The summed E-state index contributed by atoms with van der Waals surface area (Å²) < 4.78 is 5.35. The van der Waals surface area contributed by atoms with Gasteiger partial charge in [0.05, 0.1) is 7.11 Å². The summed E-state index contributed by atoms with van der Waals surface area (Å²) in [5.74, 6) is 0.954. The predicted octanol–water partition coefficient (Wildman–Crippen LogP) is 2.67. The fraction of sp³-hybridized carbons (Fsp3) is 0.600. The second kappa shape index (κ2) is 8.92. The summed E-state index contributed by atoms with van der Waals surface area (Å²) in [5.41, 5.74) is 0.789. The van der Waals surface area contributed by atoms with Crippen LogP contribution >= 0.6 is 0 Å². The number of carbonyl (C=O) groups excluding carboxylic acids is 2. The molecule has 1 fully saturated rings. The number of methoxy groups -OCH3 is 1. The lowest BCUT2D eigenvalue weighted by Crippen LogP contribution is -2.49. The molecule has 0 aromatic heterocycles. The average molecular weight is 361 g/mol. The summed E-state index contributed by atoms with van der Waals surface area (Å²) in [7, 11) is 1.65. The summed E-state index contributed by atoms with van der Waals surface area (Å²) in [5, 5.41) is 2.99. The smallest absolute Gasteiger partial charge is 0.317 e. The summed E-state index contributed by atoms with van der Waals surface area (Å²) in [6, 6.07) is 7.74. The van der Waals surface area contributed by atoms with Crippen LogP contribution in [0.2, 0.25) is 0 Å². The van der Waals surface area contributed by atoms with Crippen molar-refractivity contribution >= 4 is 11.9 Å². The van der Waals surface area contributed by atoms with E-state index >= 15 is 0 Å². The van der Waals surface area contributed by atoms with Gasteiger partial charge in [-0.2, -0.15) is 0 Å². The molecule has 1 saturated heterocycles. The van der Waals surface area contributed by atoms with Gasteiger partial charge in [0.25, 0.3) is 0 Å². The van der Waals surface area contributed by atoms with Gasteiger partial charge in [-0.1, -0.05) is 18.2 Å². The molecule has 144 valence electrons. The first kappa shape index (κ1) is 20.1. The van der Waals surface area contributed by atoms with Crippen molar-refractivity contribution in [2.24, 2.45) is 0 Å². The first-order chi connectivity index (χ1) is 12.3. The largest absolute Gasteiger partial charge is 0.496 e. The molecule has 1 aromatic carbocycles. The van der Waals surface area contributed by atoms with Crippen LogP contribution in [0, 0.1) is 0 Å². The van der Waals surface area contributed by atoms with Crippen molar-refractivity contribution in [1.82, 2.24) is 15.1 Å². The van der Waals surface area contributed by atoms with Crippen LogP contribution in [-0.2, 0) is 11.2 Å². The molecule has 0 radical (unpaired) electrons. The zero-order valence-corrected chi connectivity index (χ0v) is 16.4. The van der Waals surface area contributed by atoms with E-state index in [0.717, 1.165) is 17.7 Å². The molecule has 0 aliphatic carbocycles. The maximum Gasteiger partial charge on any atom is 0.317 e. The summed E-state index contributed by atoms with van der Waals surface area (Å²) in [6.45, 7) is 8.44. The van der Waals surface area contributed by atoms with Crippen molar-refractivity contribution in [3.63, 3.8) is 0 Å². The molecule has 6 heteroatoms. The Morgan fingerprint density at radius 1 is 1.08 bits per heavy atom. The number of carbonyl (C=O) groups is 2. The molecular weight excluding hydrogens is 330 g/mol. The Morgan fingerprint density at radius 2 is 1.73 bits per heavy atom. The fourth-order valence-corrected chi connectivity index (χ4v) is 3.08. The van der Waals surface area contributed by atoms with Crippen molar-refractivity contribution in [3.05, 3.63) is 29.8 Å². The third kappa shape index (κ3) is 5.93. The van der Waals surface area contributed by atoms with Gasteiger partial charge in [-0.25, -0.2) is 4.79 Å². The number of nitrogens with zero attached hydrogens (tertiary/aromatic N) is 2. The van der Waals surface area contributed by atoms with Gasteiger partial charge >= 0.3 is 6.03 Å². The highest BCUT2D eigenvalue weighted by Gasteiger charge is 2.24. The van der Waals surface area contributed by atoms with E-state index in [4.69, 9.17) is 4.74 Å². The van der Waals surface area contributed by atoms with E-state index in [0.29, 0.717) is 39.0 Å². The molecule has 2 rings (SSSR count). The van der Waals surface area contributed by atoms with Crippen LogP contribution in [0.15, 0.2) is 24.3 Å². The van der Waals surface area contributed by atoms with Crippen LogP contribution in [0.25, 0.3) is 0 Å². The number of ether oxygens (including phenoxy) is 1. The topological polar surface area (TPSA) is 61.9 Å². The summed E-state index contributed by atoms with van der Waals surface area (Å²) >= 11 is 0. The zero-order chi connectivity index (χ0) is 19.2. The van der Waals surface area contributed by atoms with Crippen LogP contribution in [0.1, 0.15) is 39.2 Å². The number of rotatable bonds is 4. The molecule has 1 aliphatic rings. The number of para-hydroxylation sites is 1. The van der Waals surface area contributed by atoms with E-state index in [1.165, 1.54) is 0 Å². The van der Waals surface area contributed by atoms with Crippen LogP contribution < -0.4 is 10.1 Å². The van der Waals surface area contributed by atoms with Gasteiger partial charge in [0, 0.05) is 38.1 Å². The van der Waals surface area contributed by atoms with Crippen molar-refractivity contribution in [2.75, 3.05) is 33.3 Å². The molecule has 6 nitrogen and oxygen atoms in total. The van der Waals surface area contributed by atoms with Crippen molar-refractivity contribution < 1.29 is 14.3 Å². The number of amides is 3. The molecule has 1 heterocycles.